The zero-order chi connectivity index (χ0) is 17.1. The predicted octanol–water partition coefficient (Wildman–Crippen LogP) is 2.28. The van der Waals surface area contributed by atoms with Gasteiger partial charge in [0.1, 0.15) is 6.04 Å². The molecule has 2 heterocycles. The fourth-order valence-corrected chi connectivity index (χ4v) is 2.41. The summed E-state index contributed by atoms with van der Waals surface area (Å²) in [5.41, 5.74) is 0.872. The molecule has 0 bridgehead atoms. The molecule has 0 aliphatic carbocycles. The molecule has 3 rings (SSSR count). The van der Waals surface area contributed by atoms with Crippen LogP contribution in [0.15, 0.2) is 28.8 Å². The Morgan fingerprint density at radius 1 is 1.42 bits per heavy atom. The van der Waals surface area contributed by atoms with Crippen molar-refractivity contribution in [2.45, 2.75) is 31.7 Å². The van der Waals surface area contributed by atoms with Crippen LogP contribution in [0.5, 0.6) is 0 Å². The van der Waals surface area contributed by atoms with Crippen LogP contribution in [0.3, 0.4) is 0 Å². The smallest absolute Gasteiger partial charge is 0.315 e. The Hall–Kier alpha value is -2.84. The molecule has 2 N–H and O–H groups in total. The lowest BCUT2D eigenvalue weighted by Crippen LogP contribution is -2.46. The number of nitrogens with zero attached hydrogens (tertiary/aromatic N) is 2. The topological polar surface area (TPSA) is 97.1 Å². The number of aromatic nitrogens is 2. The highest BCUT2D eigenvalue weighted by Gasteiger charge is 2.24. The number of alkyl halides is 2. The second kappa shape index (κ2) is 6.73. The van der Waals surface area contributed by atoms with Crippen LogP contribution in [0.4, 0.5) is 14.5 Å². The number of anilines is 1. The molecule has 1 aliphatic heterocycles. The molecule has 0 saturated carbocycles. The van der Waals surface area contributed by atoms with E-state index in [1.54, 1.807) is 24.3 Å². The summed E-state index contributed by atoms with van der Waals surface area (Å²) in [6.07, 6.45) is -1.20. The molecule has 1 fully saturated rings. The molecule has 0 spiro atoms. The van der Waals surface area contributed by atoms with E-state index in [1.165, 1.54) is 0 Å². The highest BCUT2D eigenvalue weighted by atomic mass is 19.3. The lowest BCUT2D eigenvalue weighted by Gasteiger charge is -2.22. The highest BCUT2D eigenvalue weighted by Crippen LogP contribution is 2.23. The van der Waals surface area contributed by atoms with Gasteiger partial charge in [-0.25, -0.2) is 0 Å². The summed E-state index contributed by atoms with van der Waals surface area (Å²) in [4.78, 5) is 27.1. The Labute approximate surface area is 135 Å². The van der Waals surface area contributed by atoms with Gasteiger partial charge in [0.05, 0.1) is 0 Å². The normalized spacial score (nSPS) is 17.6. The first-order valence-electron chi connectivity index (χ1n) is 7.35. The third-order valence-electron chi connectivity index (χ3n) is 3.57. The van der Waals surface area contributed by atoms with Crippen molar-refractivity contribution in [3.8, 4) is 11.4 Å². The maximum Gasteiger partial charge on any atom is 0.315 e. The summed E-state index contributed by atoms with van der Waals surface area (Å²) in [6, 6.07) is 5.84. The number of amides is 2. The SMILES string of the molecule is O=C1CCCC(C(=O)Nc2cccc(-c3noc(C(F)F)n3)c2)N1. The van der Waals surface area contributed by atoms with E-state index in [1.807, 2.05) is 0 Å². The molecular weight excluding hydrogens is 322 g/mol. The summed E-state index contributed by atoms with van der Waals surface area (Å²) in [6.45, 7) is 0. The van der Waals surface area contributed by atoms with Crippen LogP contribution in [-0.2, 0) is 9.59 Å². The van der Waals surface area contributed by atoms with E-state index in [2.05, 4.69) is 25.3 Å². The third kappa shape index (κ3) is 3.55. The zero-order valence-electron chi connectivity index (χ0n) is 12.5. The number of carbonyl (C=O) groups excluding carboxylic acids is 2. The molecule has 9 heteroatoms. The maximum absolute atomic E-state index is 12.5. The Morgan fingerprint density at radius 2 is 2.25 bits per heavy atom. The molecule has 1 saturated heterocycles. The van der Waals surface area contributed by atoms with Gasteiger partial charge in [0.2, 0.25) is 17.6 Å². The molecule has 2 aromatic rings. The maximum atomic E-state index is 12.5. The average Bonchev–Trinajstić information content (AvgIpc) is 3.05. The van der Waals surface area contributed by atoms with Crippen LogP contribution in [-0.4, -0.2) is 28.0 Å². The van der Waals surface area contributed by atoms with Crippen LogP contribution < -0.4 is 10.6 Å². The summed E-state index contributed by atoms with van der Waals surface area (Å²) >= 11 is 0. The molecule has 2 amide bonds. The lowest BCUT2D eigenvalue weighted by molar-refractivity contribution is -0.128. The van der Waals surface area contributed by atoms with Gasteiger partial charge < -0.3 is 15.2 Å². The average molecular weight is 336 g/mol. The van der Waals surface area contributed by atoms with Crippen LogP contribution in [0.25, 0.3) is 11.4 Å². The van der Waals surface area contributed by atoms with Crippen molar-refractivity contribution in [3.05, 3.63) is 30.2 Å². The summed E-state index contributed by atoms with van der Waals surface area (Å²) in [7, 11) is 0. The first-order chi connectivity index (χ1) is 11.5. The number of nitrogens with one attached hydrogen (secondary N) is 2. The molecule has 24 heavy (non-hydrogen) atoms. The molecule has 1 aromatic heterocycles. The number of benzene rings is 1. The van der Waals surface area contributed by atoms with Crippen molar-refractivity contribution in [2.75, 3.05) is 5.32 Å². The Morgan fingerprint density at radius 3 is 2.96 bits per heavy atom. The van der Waals surface area contributed by atoms with Crippen molar-refractivity contribution < 1.29 is 22.9 Å². The van der Waals surface area contributed by atoms with Crippen LogP contribution in [0, 0.1) is 0 Å². The first-order valence-corrected chi connectivity index (χ1v) is 7.35. The van der Waals surface area contributed by atoms with Crippen molar-refractivity contribution >= 4 is 17.5 Å². The van der Waals surface area contributed by atoms with Gasteiger partial charge in [-0.1, -0.05) is 17.3 Å². The van der Waals surface area contributed by atoms with Crippen molar-refractivity contribution in [1.82, 2.24) is 15.5 Å². The monoisotopic (exact) mass is 336 g/mol. The highest BCUT2D eigenvalue weighted by molar-refractivity contribution is 5.98. The summed E-state index contributed by atoms with van der Waals surface area (Å²) < 4.78 is 29.5. The van der Waals surface area contributed by atoms with Gasteiger partial charge in [0, 0.05) is 17.7 Å². The van der Waals surface area contributed by atoms with Gasteiger partial charge >= 0.3 is 6.43 Å². The number of piperidine rings is 1. The van der Waals surface area contributed by atoms with E-state index in [9.17, 15) is 18.4 Å². The second-order valence-corrected chi connectivity index (χ2v) is 5.34. The second-order valence-electron chi connectivity index (χ2n) is 5.34. The summed E-state index contributed by atoms with van der Waals surface area (Å²) in [5, 5.41) is 8.80. The number of halogens is 2. The zero-order valence-corrected chi connectivity index (χ0v) is 12.5. The molecule has 126 valence electrons. The first kappa shape index (κ1) is 16.0. The minimum absolute atomic E-state index is 0.00682. The minimum atomic E-state index is -2.84. The molecule has 1 unspecified atom stereocenters. The molecule has 1 aliphatic rings. The van der Waals surface area contributed by atoms with Crippen molar-refractivity contribution in [1.29, 1.82) is 0 Å². The van der Waals surface area contributed by atoms with E-state index >= 15 is 0 Å². The van der Waals surface area contributed by atoms with Crippen molar-refractivity contribution in [2.24, 2.45) is 0 Å². The number of rotatable bonds is 4. The van der Waals surface area contributed by atoms with Crippen LogP contribution >= 0.6 is 0 Å². The molecule has 7 nitrogen and oxygen atoms in total. The predicted molar refractivity (Wildman–Crippen MR) is 79.1 cm³/mol. The molecule has 1 aromatic carbocycles. The Kier molecular flexibility index (Phi) is 4.50. The standard InChI is InChI=1S/C15H14F2N4O3/c16-12(17)15-20-13(21-24-15)8-3-1-4-9(7-8)18-14(23)10-5-2-6-11(22)19-10/h1,3-4,7,10,12H,2,5-6H2,(H,18,23)(H,19,22). The number of carbonyl (C=O) groups is 2. The van der Waals surface area contributed by atoms with Gasteiger partial charge in [0.25, 0.3) is 5.89 Å². The number of hydrogen-bond acceptors (Lipinski definition) is 5. The van der Waals surface area contributed by atoms with Gasteiger partial charge in [-0.3, -0.25) is 9.59 Å². The van der Waals surface area contributed by atoms with E-state index < -0.39 is 18.4 Å². The van der Waals surface area contributed by atoms with Gasteiger partial charge in [-0.2, -0.15) is 13.8 Å². The van der Waals surface area contributed by atoms with Crippen molar-refractivity contribution in [3.63, 3.8) is 0 Å². The fraction of sp³-hybridized carbons (Fsp3) is 0.333. The Bertz CT molecular complexity index is 763. The van der Waals surface area contributed by atoms with E-state index in [0.29, 0.717) is 30.5 Å². The molecular formula is C15H14F2N4O3. The quantitative estimate of drug-likeness (QED) is 0.893. The largest absolute Gasteiger partial charge is 0.344 e. The van der Waals surface area contributed by atoms with Gasteiger partial charge in [-0.05, 0) is 25.0 Å². The van der Waals surface area contributed by atoms with Gasteiger partial charge in [-0.15, -0.1) is 0 Å². The van der Waals surface area contributed by atoms with E-state index in [-0.39, 0.29) is 17.6 Å². The minimum Gasteiger partial charge on any atom is -0.344 e. The van der Waals surface area contributed by atoms with Crippen LogP contribution in [0.1, 0.15) is 31.6 Å². The Balaban J connectivity index is 1.72. The summed E-state index contributed by atoms with van der Waals surface area (Å²) in [5.74, 6) is -1.24. The van der Waals surface area contributed by atoms with Crippen LogP contribution in [0.2, 0.25) is 0 Å². The molecule has 1 atom stereocenters. The fourth-order valence-electron chi connectivity index (χ4n) is 2.41. The molecule has 0 radical (unpaired) electrons. The van der Waals surface area contributed by atoms with E-state index in [4.69, 9.17) is 0 Å². The third-order valence-corrected chi connectivity index (χ3v) is 3.57. The lowest BCUT2D eigenvalue weighted by atomic mass is 10.0. The van der Waals surface area contributed by atoms with Gasteiger partial charge in [0.15, 0.2) is 0 Å². The van der Waals surface area contributed by atoms with E-state index in [0.717, 1.165) is 0 Å². The number of hydrogen-bond donors (Lipinski definition) is 2.